The first-order chi connectivity index (χ1) is 16.7. The van der Waals surface area contributed by atoms with Crippen molar-refractivity contribution in [1.29, 1.82) is 0 Å². The summed E-state index contributed by atoms with van der Waals surface area (Å²) in [4.78, 5) is 41.4. The van der Waals surface area contributed by atoms with Crippen LogP contribution in [-0.4, -0.2) is 78.7 Å². The third-order valence-electron chi connectivity index (χ3n) is 6.88. The molecule has 1 aromatic carbocycles. The number of carbonyl (C=O) groups is 3. The molecule has 2 aliphatic rings. The van der Waals surface area contributed by atoms with E-state index in [0.29, 0.717) is 54.5 Å². The molecule has 2 N–H and O–H groups in total. The van der Waals surface area contributed by atoms with Gasteiger partial charge in [0.25, 0.3) is 17.6 Å². The maximum Gasteiger partial charge on any atom is 0.294 e. The molecule has 0 unspecified atom stereocenters. The van der Waals surface area contributed by atoms with Gasteiger partial charge in [-0.15, -0.1) is 0 Å². The third-order valence-corrected chi connectivity index (χ3v) is 6.88. The van der Waals surface area contributed by atoms with E-state index in [0.717, 1.165) is 13.1 Å². The molecule has 0 radical (unpaired) electrons. The number of carbonyl (C=O) groups excluding carboxylic acids is 3. The van der Waals surface area contributed by atoms with E-state index in [2.05, 4.69) is 15.5 Å². The van der Waals surface area contributed by atoms with Crippen molar-refractivity contribution in [3.63, 3.8) is 0 Å². The second-order valence-corrected chi connectivity index (χ2v) is 9.07. The molecule has 9 nitrogen and oxygen atoms in total. The average molecular weight is 487 g/mol. The predicted molar refractivity (Wildman–Crippen MR) is 127 cm³/mol. The lowest BCUT2D eigenvalue weighted by Gasteiger charge is -2.34. The van der Waals surface area contributed by atoms with Gasteiger partial charge in [-0.05, 0) is 50.1 Å². The van der Waals surface area contributed by atoms with Gasteiger partial charge in [-0.3, -0.25) is 19.3 Å². The fourth-order valence-corrected chi connectivity index (χ4v) is 4.84. The maximum atomic E-state index is 13.6. The fourth-order valence-electron chi connectivity index (χ4n) is 4.84. The number of halogens is 1. The SMILES string of the molecule is Cc1cc(NC(=O)c2c(C)c(C(=O)C(=O)N[C@H]3COC[C@@H]3N3CCOCC3)n(C)c2C)ccc1F. The van der Waals surface area contributed by atoms with Crippen LogP contribution in [0.2, 0.25) is 0 Å². The van der Waals surface area contributed by atoms with E-state index in [9.17, 15) is 18.8 Å². The van der Waals surface area contributed by atoms with Crippen LogP contribution in [0.1, 0.15) is 37.7 Å². The Kier molecular flexibility index (Phi) is 7.34. The van der Waals surface area contributed by atoms with Crippen LogP contribution in [0.25, 0.3) is 0 Å². The Bertz CT molecular complexity index is 1160. The number of rotatable bonds is 6. The van der Waals surface area contributed by atoms with E-state index >= 15 is 0 Å². The zero-order valence-corrected chi connectivity index (χ0v) is 20.4. The number of ketones is 1. The van der Waals surface area contributed by atoms with Gasteiger partial charge >= 0.3 is 0 Å². The van der Waals surface area contributed by atoms with Crippen molar-refractivity contribution >= 4 is 23.3 Å². The van der Waals surface area contributed by atoms with Gasteiger partial charge in [0.1, 0.15) is 5.82 Å². The van der Waals surface area contributed by atoms with Gasteiger partial charge in [0.05, 0.1) is 49.8 Å². The average Bonchev–Trinajstić information content (AvgIpc) is 3.38. The topological polar surface area (TPSA) is 102 Å². The van der Waals surface area contributed by atoms with Crippen molar-refractivity contribution in [3.05, 3.63) is 52.1 Å². The first kappa shape index (κ1) is 25.0. The zero-order chi connectivity index (χ0) is 25.3. The van der Waals surface area contributed by atoms with Crippen LogP contribution in [-0.2, 0) is 21.3 Å². The van der Waals surface area contributed by atoms with Gasteiger partial charge < -0.3 is 24.7 Å². The second kappa shape index (κ2) is 10.3. The molecule has 2 fully saturated rings. The molecule has 2 aliphatic heterocycles. The summed E-state index contributed by atoms with van der Waals surface area (Å²) in [6.45, 7) is 8.52. The lowest BCUT2D eigenvalue weighted by atomic mass is 10.1. The van der Waals surface area contributed by atoms with Gasteiger partial charge in [0.2, 0.25) is 0 Å². The Balaban J connectivity index is 1.50. The Labute approximate surface area is 203 Å². The Morgan fingerprint density at radius 3 is 2.46 bits per heavy atom. The molecular weight excluding hydrogens is 455 g/mol. The van der Waals surface area contributed by atoms with Crippen LogP contribution in [0.5, 0.6) is 0 Å². The number of Topliss-reactive ketones (excluding diaryl/α,β-unsaturated/α-hetero) is 1. The van der Waals surface area contributed by atoms with Crippen LogP contribution in [0.15, 0.2) is 18.2 Å². The van der Waals surface area contributed by atoms with Gasteiger partial charge in [0.15, 0.2) is 0 Å². The highest BCUT2D eigenvalue weighted by molar-refractivity contribution is 6.43. The minimum atomic E-state index is -0.733. The number of benzene rings is 1. The molecule has 2 aromatic rings. The van der Waals surface area contributed by atoms with E-state index in [1.54, 1.807) is 32.4 Å². The Morgan fingerprint density at radius 2 is 1.77 bits per heavy atom. The fraction of sp³-hybridized carbons (Fsp3) is 0.480. The number of morpholine rings is 1. The maximum absolute atomic E-state index is 13.6. The number of aryl methyl sites for hydroxylation is 1. The van der Waals surface area contributed by atoms with Crippen molar-refractivity contribution in [3.8, 4) is 0 Å². The molecule has 2 saturated heterocycles. The second-order valence-electron chi connectivity index (χ2n) is 9.07. The summed E-state index contributed by atoms with van der Waals surface area (Å²) in [5.74, 6) is -2.24. The van der Waals surface area contributed by atoms with Crippen LogP contribution in [0.3, 0.4) is 0 Å². The number of anilines is 1. The number of hydrogen-bond donors (Lipinski definition) is 2. The number of aromatic nitrogens is 1. The number of hydrogen-bond acceptors (Lipinski definition) is 6. The third kappa shape index (κ3) is 5.00. The molecule has 0 saturated carbocycles. The lowest BCUT2D eigenvalue weighted by molar-refractivity contribution is -0.118. The van der Waals surface area contributed by atoms with Crippen LogP contribution in [0, 0.1) is 26.6 Å². The molecular formula is C25H31FN4O5. The van der Waals surface area contributed by atoms with E-state index < -0.39 is 17.6 Å². The molecule has 2 amide bonds. The minimum Gasteiger partial charge on any atom is -0.379 e. The summed E-state index contributed by atoms with van der Waals surface area (Å²) >= 11 is 0. The molecule has 3 heterocycles. The van der Waals surface area contributed by atoms with Gasteiger partial charge in [0, 0.05) is 31.5 Å². The molecule has 35 heavy (non-hydrogen) atoms. The van der Waals surface area contributed by atoms with E-state index in [4.69, 9.17) is 9.47 Å². The zero-order valence-electron chi connectivity index (χ0n) is 20.4. The number of nitrogens with zero attached hydrogens (tertiary/aromatic N) is 2. The molecule has 2 atom stereocenters. The molecule has 0 aliphatic carbocycles. The summed E-state index contributed by atoms with van der Waals surface area (Å²) in [5, 5.41) is 5.60. The van der Waals surface area contributed by atoms with Crippen molar-refractivity contribution < 1.29 is 28.2 Å². The van der Waals surface area contributed by atoms with Crippen molar-refractivity contribution in [1.82, 2.24) is 14.8 Å². The predicted octanol–water partition coefficient (Wildman–Crippen LogP) is 1.74. The summed E-state index contributed by atoms with van der Waals surface area (Å²) in [7, 11) is 1.65. The standard InChI is InChI=1S/C25H31FN4O5/c1-14-11-17(5-6-18(14)26)27-24(32)21-15(2)22(29(4)16(21)3)23(31)25(33)28-19-12-35-13-20(19)30-7-9-34-10-8-30/h5-6,11,19-20H,7-10,12-13H2,1-4H3,(H,27,32)(H,28,33)/t19-,20-/m0/s1. The molecule has 1 aromatic heterocycles. The van der Waals surface area contributed by atoms with Crippen LogP contribution in [0.4, 0.5) is 10.1 Å². The molecule has 10 heteroatoms. The number of amides is 2. The largest absolute Gasteiger partial charge is 0.379 e. The van der Waals surface area contributed by atoms with Gasteiger partial charge in [-0.25, -0.2) is 4.39 Å². The Morgan fingerprint density at radius 1 is 1.06 bits per heavy atom. The quantitative estimate of drug-likeness (QED) is 0.477. The first-order valence-corrected chi connectivity index (χ1v) is 11.7. The molecule has 0 bridgehead atoms. The van der Waals surface area contributed by atoms with Crippen molar-refractivity contribution in [2.45, 2.75) is 32.9 Å². The van der Waals surface area contributed by atoms with Crippen molar-refractivity contribution in [2.24, 2.45) is 7.05 Å². The number of ether oxygens (including phenoxy) is 2. The van der Waals surface area contributed by atoms with Gasteiger partial charge in [-0.1, -0.05) is 0 Å². The monoisotopic (exact) mass is 486 g/mol. The highest BCUT2D eigenvalue weighted by Crippen LogP contribution is 2.24. The molecule has 0 spiro atoms. The first-order valence-electron chi connectivity index (χ1n) is 11.7. The molecule has 4 rings (SSSR count). The molecule has 188 valence electrons. The summed E-state index contributed by atoms with van der Waals surface area (Å²) < 4.78 is 26.1. The normalized spacial score (nSPS) is 20.6. The van der Waals surface area contributed by atoms with E-state index in [1.807, 2.05) is 0 Å². The van der Waals surface area contributed by atoms with Crippen molar-refractivity contribution in [2.75, 3.05) is 44.8 Å². The van der Waals surface area contributed by atoms with E-state index in [1.165, 1.54) is 18.2 Å². The number of nitrogens with one attached hydrogen (secondary N) is 2. The van der Waals surface area contributed by atoms with Crippen LogP contribution >= 0.6 is 0 Å². The smallest absolute Gasteiger partial charge is 0.294 e. The van der Waals surface area contributed by atoms with E-state index in [-0.39, 0.29) is 23.6 Å². The van der Waals surface area contributed by atoms with Crippen LogP contribution < -0.4 is 10.6 Å². The highest BCUT2D eigenvalue weighted by Gasteiger charge is 2.37. The summed E-state index contributed by atoms with van der Waals surface area (Å²) in [6, 6.07) is 3.96. The lowest BCUT2D eigenvalue weighted by Crippen LogP contribution is -2.55. The minimum absolute atomic E-state index is 0.0209. The van der Waals surface area contributed by atoms with Gasteiger partial charge in [-0.2, -0.15) is 0 Å². The summed E-state index contributed by atoms with van der Waals surface area (Å²) in [6.07, 6.45) is 0. The highest BCUT2D eigenvalue weighted by atomic mass is 19.1. The Hall–Kier alpha value is -3.08. The summed E-state index contributed by atoms with van der Waals surface area (Å²) in [5.41, 5.74) is 2.27.